The lowest BCUT2D eigenvalue weighted by Crippen LogP contribution is -2.34. The number of alkyl halides is 3. The van der Waals surface area contributed by atoms with Crippen molar-refractivity contribution < 1.29 is 13.2 Å². The van der Waals surface area contributed by atoms with Crippen LogP contribution in [-0.2, 0) is 6.18 Å². The third-order valence-corrected chi connectivity index (χ3v) is 9.35. The summed E-state index contributed by atoms with van der Waals surface area (Å²) < 4.78 is 40.2. The molecule has 8 heteroatoms. The van der Waals surface area contributed by atoms with Crippen molar-refractivity contribution in [1.29, 1.82) is 0 Å². The number of para-hydroxylation sites is 2. The molecule has 2 unspecified atom stereocenters. The van der Waals surface area contributed by atoms with Gasteiger partial charge in [-0.3, -0.25) is 0 Å². The Labute approximate surface area is 294 Å². The molecule has 0 aromatic heterocycles. The lowest BCUT2D eigenvalue weighted by atomic mass is 9.91. The zero-order chi connectivity index (χ0) is 35.0. The van der Waals surface area contributed by atoms with Gasteiger partial charge in [-0.15, -0.1) is 0 Å². The second-order valence-corrected chi connectivity index (χ2v) is 12.5. The Balaban J connectivity index is 1.21. The number of hydrogen-bond acceptors (Lipinski definition) is 5. The number of halogens is 3. The highest BCUT2D eigenvalue weighted by Crippen LogP contribution is 2.43. The van der Waals surface area contributed by atoms with Crippen LogP contribution >= 0.6 is 0 Å². The standard InChI is InChI=1S/C43H34F3N5/c1-2-39-47-37-21-10-11-22-38(37)51(39)32-16-12-15-30(27-32)33-17-6-7-18-34(33)35-19-8-9-20-36(35)42-49-40(28-13-4-3-5-14-28)48-41(50-42)29-23-25-31(26-24-29)43(44,45)46/h3-27,39-40,47H,2H2,1H3,(H,48,49,50). The lowest BCUT2D eigenvalue weighted by molar-refractivity contribution is -0.137. The van der Waals surface area contributed by atoms with Gasteiger partial charge in [0.25, 0.3) is 0 Å². The molecule has 0 aliphatic carbocycles. The summed E-state index contributed by atoms with van der Waals surface area (Å²) >= 11 is 0. The molecule has 5 nitrogen and oxygen atoms in total. The number of nitrogens with one attached hydrogen (secondary N) is 2. The van der Waals surface area contributed by atoms with Crippen molar-refractivity contribution in [2.45, 2.75) is 31.9 Å². The zero-order valence-corrected chi connectivity index (χ0v) is 27.8. The van der Waals surface area contributed by atoms with Crippen molar-refractivity contribution in [3.8, 4) is 22.3 Å². The van der Waals surface area contributed by atoms with Crippen molar-refractivity contribution in [2.75, 3.05) is 10.2 Å². The highest BCUT2D eigenvalue weighted by molar-refractivity contribution is 6.15. The number of aliphatic imine (C=N–C) groups is 2. The smallest absolute Gasteiger partial charge is 0.363 e. The van der Waals surface area contributed by atoms with E-state index in [-0.39, 0.29) is 6.17 Å². The molecular weight excluding hydrogens is 644 g/mol. The summed E-state index contributed by atoms with van der Waals surface area (Å²) in [6.07, 6.45) is -3.87. The van der Waals surface area contributed by atoms with Crippen LogP contribution in [0.15, 0.2) is 162 Å². The number of rotatable bonds is 7. The Bertz CT molecular complexity index is 2260. The fourth-order valence-corrected chi connectivity index (χ4v) is 6.87. The predicted molar refractivity (Wildman–Crippen MR) is 200 cm³/mol. The fraction of sp³-hybridized carbons (Fsp3) is 0.116. The minimum atomic E-state index is -4.44. The van der Waals surface area contributed by atoms with Gasteiger partial charge in [0.05, 0.1) is 16.9 Å². The van der Waals surface area contributed by atoms with E-state index in [1.54, 1.807) is 0 Å². The van der Waals surface area contributed by atoms with Crippen molar-refractivity contribution >= 4 is 28.7 Å². The Morgan fingerprint density at radius 2 is 1.27 bits per heavy atom. The SMILES string of the molecule is CCC1Nc2ccccc2N1c1cccc(-c2ccccc2-c2ccccc2C2=NC(c3ccc(C(F)(F)F)cc3)=NC(c3ccccc3)N2)c1. The van der Waals surface area contributed by atoms with E-state index in [9.17, 15) is 13.2 Å². The number of fused-ring (bicyclic) bond motifs is 1. The molecule has 0 saturated heterocycles. The summed E-state index contributed by atoms with van der Waals surface area (Å²) in [5.41, 5.74) is 9.04. The molecule has 0 amide bonds. The van der Waals surface area contributed by atoms with Gasteiger partial charge in [0.2, 0.25) is 0 Å². The maximum Gasteiger partial charge on any atom is 0.416 e. The summed E-state index contributed by atoms with van der Waals surface area (Å²) in [7, 11) is 0. The van der Waals surface area contributed by atoms with Crippen LogP contribution in [0.1, 0.15) is 41.8 Å². The van der Waals surface area contributed by atoms with Crippen LogP contribution in [0.4, 0.5) is 30.2 Å². The van der Waals surface area contributed by atoms with Crippen molar-refractivity contribution in [2.24, 2.45) is 9.98 Å². The summed E-state index contributed by atoms with van der Waals surface area (Å²) in [4.78, 5) is 12.2. The average Bonchev–Trinajstić information content (AvgIpc) is 3.57. The molecule has 0 saturated carbocycles. The molecular formula is C43H34F3N5. The quantitative estimate of drug-likeness (QED) is 0.177. The molecule has 8 rings (SSSR count). The third kappa shape index (κ3) is 6.25. The van der Waals surface area contributed by atoms with Crippen LogP contribution in [0.25, 0.3) is 22.3 Å². The van der Waals surface area contributed by atoms with E-state index >= 15 is 0 Å². The molecule has 2 heterocycles. The second-order valence-electron chi connectivity index (χ2n) is 12.5. The van der Waals surface area contributed by atoms with Crippen molar-refractivity contribution in [1.82, 2.24) is 5.32 Å². The van der Waals surface area contributed by atoms with E-state index in [4.69, 9.17) is 9.98 Å². The summed E-state index contributed by atoms with van der Waals surface area (Å²) in [6, 6.07) is 48.2. The van der Waals surface area contributed by atoms with Gasteiger partial charge >= 0.3 is 6.18 Å². The minimum Gasteiger partial charge on any atom is -0.363 e. The Morgan fingerprint density at radius 3 is 2.00 bits per heavy atom. The molecule has 0 fully saturated rings. The fourth-order valence-electron chi connectivity index (χ4n) is 6.87. The van der Waals surface area contributed by atoms with E-state index in [2.05, 4.69) is 89.2 Å². The molecule has 0 bridgehead atoms. The van der Waals surface area contributed by atoms with Gasteiger partial charge in [-0.05, 0) is 70.6 Å². The average molecular weight is 678 g/mol. The summed E-state index contributed by atoms with van der Waals surface area (Å²) in [6.45, 7) is 2.19. The van der Waals surface area contributed by atoms with Crippen molar-refractivity contribution in [3.63, 3.8) is 0 Å². The van der Waals surface area contributed by atoms with Gasteiger partial charge < -0.3 is 15.5 Å². The highest BCUT2D eigenvalue weighted by atomic mass is 19.4. The van der Waals surface area contributed by atoms with Gasteiger partial charge in [0.1, 0.15) is 18.2 Å². The number of nitrogens with zero attached hydrogens (tertiary/aromatic N) is 3. The Hall–Kier alpha value is -6.15. The summed E-state index contributed by atoms with van der Waals surface area (Å²) in [5, 5.41) is 7.19. The normalized spacial score (nSPS) is 16.8. The van der Waals surface area contributed by atoms with Crippen LogP contribution in [-0.4, -0.2) is 17.8 Å². The molecule has 2 N–H and O–H groups in total. The van der Waals surface area contributed by atoms with E-state index in [1.807, 2.05) is 60.7 Å². The first-order valence-corrected chi connectivity index (χ1v) is 17.0. The Kier molecular flexibility index (Phi) is 8.36. The topological polar surface area (TPSA) is 52.0 Å². The molecule has 0 radical (unpaired) electrons. The molecule has 0 spiro atoms. The van der Waals surface area contributed by atoms with Gasteiger partial charge in [-0.2, -0.15) is 13.2 Å². The van der Waals surface area contributed by atoms with E-state index in [0.29, 0.717) is 17.2 Å². The number of hydrogen-bond donors (Lipinski definition) is 2. The van der Waals surface area contributed by atoms with Gasteiger partial charge in [-0.25, -0.2) is 9.98 Å². The molecule has 2 aliphatic rings. The van der Waals surface area contributed by atoms with Gasteiger partial charge in [0.15, 0.2) is 5.84 Å². The monoisotopic (exact) mass is 677 g/mol. The van der Waals surface area contributed by atoms with Crippen molar-refractivity contribution in [3.05, 3.63) is 174 Å². The van der Waals surface area contributed by atoms with Gasteiger partial charge in [0, 0.05) is 16.8 Å². The van der Waals surface area contributed by atoms with Crippen LogP contribution in [0.3, 0.4) is 0 Å². The summed E-state index contributed by atoms with van der Waals surface area (Å²) in [5.74, 6) is 0.936. The number of benzene rings is 6. The van der Waals surface area contributed by atoms with E-state index in [0.717, 1.165) is 69.0 Å². The van der Waals surface area contributed by atoms with Crippen LogP contribution in [0, 0.1) is 0 Å². The lowest BCUT2D eigenvalue weighted by Gasteiger charge is -2.27. The van der Waals surface area contributed by atoms with Crippen LogP contribution in [0.5, 0.6) is 0 Å². The third-order valence-electron chi connectivity index (χ3n) is 9.35. The molecule has 51 heavy (non-hydrogen) atoms. The highest BCUT2D eigenvalue weighted by Gasteiger charge is 2.31. The molecule has 2 atom stereocenters. The molecule has 6 aromatic carbocycles. The molecule has 2 aliphatic heterocycles. The van der Waals surface area contributed by atoms with E-state index in [1.165, 1.54) is 12.1 Å². The zero-order valence-electron chi connectivity index (χ0n) is 27.8. The van der Waals surface area contributed by atoms with Crippen LogP contribution in [0.2, 0.25) is 0 Å². The molecule has 6 aromatic rings. The van der Waals surface area contributed by atoms with E-state index < -0.39 is 17.9 Å². The first kappa shape index (κ1) is 32.1. The largest absolute Gasteiger partial charge is 0.416 e. The Morgan fingerprint density at radius 1 is 0.627 bits per heavy atom. The minimum absolute atomic E-state index is 0.141. The maximum atomic E-state index is 13.4. The first-order chi connectivity index (χ1) is 24.9. The maximum absolute atomic E-state index is 13.4. The predicted octanol–water partition coefficient (Wildman–Crippen LogP) is 10.8. The molecule has 252 valence electrons. The van der Waals surface area contributed by atoms with Crippen LogP contribution < -0.4 is 15.5 Å². The first-order valence-electron chi connectivity index (χ1n) is 17.0. The second kappa shape index (κ2) is 13.3. The van der Waals surface area contributed by atoms with Gasteiger partial charge in [-0.1, -0.05) is 122 Å². The number of anilines is 3. The number of amidine groups is 2.